The average molecular weight is 423 g/mol. The van der Waals surface area contributed by atoms with E-state index >= 15 is 0 Å². The number of carbonyl (C=O) groups is 2. The summed E-state index contributed by atoms with van der Waals surface area (Å²) in [5.74, 6) is 1.10. The fraction of sp³-hybridized carbons (Fsp3) is 0.440. The van der Waals surface area contributed by atoms with E-state index in [0.717, 1.165) is 50.8 Å². The third-order valence-corrected chi connectivity index (χ3v) is 5.95. The fourth-order valence-electron chi connectivity index (χ4n) is 4.17. The molecule has 0 bridgehead atoms. The predicted molar refractivity (Wildman–Crippen MR) is 120 cm³/mol. The van der Waals surface area contributed by atoms with E-state index in [0.29, 0.717) is 35.8 Å². The molecule has 0 aliphatic carbocycles. The second-order valence-electron chi connectivity index (χ2n) is 8.18. The van der Waals surface area contributed by atoms with Crippen molar-refractivity contribution >= 4 is 17.5 Å². The molecule has 0 spiro atoms. The lowest BCUT2D eigenvalue weighted by Crippen LogP contribution is -2.45. The number of fused-ring (bicyclic) bond motifs is 2. The molecule has 1 unspecified atom stereocenters. The third kappa shape index (κ3) is 5.01. The second-order valence-corrected chi connectivity index (χ2v) is 8.18. The van der Waals surface area contributed by atoms with Crippen LogP contribution < -0.4 is 14.8 Å². The normalized spacial score (nSPS) is 18.2. The Morgan fingerprint density at radius 3 is 2.81 bits per heavy atom. The van der Waals surface area contributed by atoms with Crippen molar-refractivity contribution in [3.05, 3.63) is 53.6 Å². The number of hydrogen-bond donors (Lipinski definition) is 1. The van der Waals surface area contributed by atoms with Gasteiger partial charge in [-0.1, -0.05) is 13.3 Å². The van der Waals surface area contributed by atoms with Crippen molar-refractivity contribution in [1.82, 2.24) is 4.90 Å². The van der Waals surface area contributed by atoms with Gasteiger partial charge in [-0.15, -0.1) is 0 Å². The largest absolute Gasteiger partial charge is 0.494 e. The van der Waals surface area contributed by atoms with Crippen molar-refractivity contribution in [3.63, 3.8) is 0 Å². The lowest BCUT2D eigenvalue weighted by atomic mass is 9.97. The van der Waals surface area contributed by atoms with Gasteiger partial charge in [-0.3, -0.25) is 9.59 Å². The van der Waals surface area contributed by atoms with Crippen LogP contribution >= 0.6 is 0 Å². The van der Waals surface area contributed by atoms with Crippen molar-refractivity contribution in [1.29, 1.82) is 0 Å². The smallest absolute Gasteiger partial charge is 0.257 e. The number of ether oxygens (including phenoxy) is 2. The number of unbranched alkanes of at least 4 members (excludes halogenated alkanes) is 1. The molecule has 164 valence electrons. The molecular weight excluding hydrogens is 392 g/mol. The van der Waals surface area contributed by atoms with Crippen LogP contribution in [0.2, 0.25) is 0 Å². The van der Waals surface area contributed by atoms with E-state index in [-0.39, 0.29) is 17.9 Å². The van der Waals surface area contributed by atoms with E-state index in [1.54, 1.807) is 42.5 Å². The Bertz CT molecular complexity index is 926. The standard InChI is InChI=1S/C25H30N2O4/c1-2-3-15-30-21-10-7-18(8-11-21)24(28)26-19-9-12-23-22(17-19)25(29)27-14-5-4-6-20(27)13-16-31-23/h7-12,17,20H,2-6,13-16H2,1H3,(H,26,28). The van der Waals surface area contributed by atoms with Gasteiger partial charge in [-0.25, -0.2) is 0 Å². The number of piperidine rings is 1. The topological polar surface area (TPSA) is 67.9 Å². The molecule has 2 amide bonds. The lowest BCUT2D eigenvalue weighted by molar-refractivity contribution is 0.0548. The minimum Gasteiger partial charge on any atom is -0.494 e. The van der Waals surface area contributed by atoms with E-state index in [2.05, 4.69) is 12.2 Å². The maximum absolute atomic E-state index is 13.2. The molecule has 6 heteroatoms. The Kier molecular flexibility index (Phi) is 6.75. The Morgan fingerprint density at radius 2 is 2.00 bits per heavy atom. The molecule has 1 N–H and O–H groups in total. The van der Waals surface area contributed by atoms with E-state index in [9.17, 15) is 9.59 Å². The monoisotopic (exact) mass is 422 g/mol. The van der Waals surface area contributed by atoms with Crippen LogP contribution in [-0.4, -0.2) is 42.5 Å². The van der Waals surface area contributed by atoms with Crippen molar-refractivity contribution in [2.45, 2.75) is 51.5 Å². The minimum absolute atomic E-state index is 0.0101. The molecule has 1 saturated heterocycles. The van der Waals surface area contributed by atoms with Gasteiger partial charge < -0.3 is 19.7 Å². The molecule has 2 aromatic carbocycles. The van der Waals surface area contributed by atoms with Crippen molar-refractivity contribution in [2.75, 3.05) is 25.1 Å². The first-order chi connectivity index (χ1) is 15.2. The van der Waals surface area contributed by atoms with Gasteiger partial charge in [0.15, 0.2) is 0 Å². The molecule has 1 fully saturated rings. The zero-order valence-corrected chi connectivity index (χ0v) is 18.1. The quantitative estimate of drug-likeness (QED) is 0.673. The van der Waals surface area contributed by atoms with Crippen LogP contribution in [0, 0.1) is 0 Å². The van der Waals surface area contributed by atoms with Crippen LogP contribution in [-0.2, 0) is 0 Å². The number of rotatable bonds is 6. The number of nitrogens with one attached hydrogen (secondary N) is 1. The maximum Gasteiger partial charge on any atom is 0.257 e. The highest BCUT2D eigenvalue weighted by molar-refractivity contribution is 6.05. The highest BCUT2D eigenvalue weighted by Gasteiger charge is 2.31. The van der Waals surface area contributed by atoms with Gasteiger partial charge in [-0.2, -0.15) is 0 Å². The Labute approximate surface area is 183 Å². The van der Waals surface area contributed by atoms with Gasteiger partial charge in [0, 0.05) is 30.3 Å². The highest BCUT2D eigenvalue weighted by Crippen LogP contribution is 2.31. The Morgan fingerprint density at radius 1 is 1.16 bits per heavy atom. The van der Waals surface area contributed by atoms with Gasteiger partial charge in [-0.05, 0) is 68.1 Å². The van der Waals surface area contributed by atoms with E-state index < -0.39 is 0 Å². The van der Waals surface area contributed by atoms with Gasteiger partial charge in [0.05, 0.1) is 18.8 Å². The summed E-state index contributed by atoms with van der Waals surface area (Å²) in [4.78, 5) is 27.9. The first-order valence-corrected chi connectivity index (χ1v) is 11.3. The summed E-state index contributed by atoms with van der Waals surface area (Å²) in [6.07, 6.45) is 6.15. The fourth-order valence-corrected chi connectivity index (χ4v) is 4.17. The van der Waals surface area contributed by atoms with E-state index in [1.165, 1.54) is 0 Å². The summed E-state index contributed by atoms with van der Waals surface area (Å²) in [5, 5.41) is 2.90. The van der Waals surface area contributed by atoms with Crippen LogP contribution in [0.5, 0.6) is 11.5 Å². The van der Waals surface area contributed by atoms with Gasteiger partial charge in [0.2, 0.25) is 0 Å². The number of nitrogens with zero attached hydrogens (tertiary/aromatic N) is 1. The summed E-state index contributed by atoms with van der Waals surface area (Å²) < 4.78 is 11.5. The third-order valence-electron chi connectivity index (χ3n) is 5.95. The van der Waals surface area contributed by atoms with Crippen molar-refractivity contribution in [2.24, 2.45) is 0 Å². The first-order valence-electron chi connectivity index (χ1n) is 11.3. The molecule has 1 atom stereocenters. The molecule has 2 aromatic rings. The van der Waals surface area contributed by atoms with Crippen LogP contribution in [0.25, 0.3) is 0 Å². The summed E-state index contributed by atoms with van der Waals surface area (Å²) in [7, 11) is 0. The molecular formula is C25H30N2O4. The zero-order valence-electron chi connectivity index (χ0n) is 18.1. The average Bonchev–Trinajstić information content (AvgIpc) is 2.79. The first kappa shape index (κ1) is 21.2. The summed E-state index contributed by atoms with van der Waals surface area (Å²) in [5.41, 5.74) is 1.63. The summed E-state index contributed by atoms with van der Waals surface area (Å²) in [6.45, 7) is 4.17. The SMILES string of the molecule is CCCCOc1ccc(C(=O)Nc2ccc3c(c2)C(=O)N2CCCCC2CCO3)cc1. The van der Waals surface area contributed by atoms with Gasteiger partial charge in [0.1, 0.15) is 11.5 Å². The van der Waals surface area contributed by atoms with Crippen LogP contribution in [0.1, 0.15) is 66.2 Å². The van der Waals surface area contributed by atoms with Crippen LogP contribution in [0.15, 0.2) is 42.5 Å². The lowest BCUT2D eigenvalue weighted by Gasteiger charge is -2.37. The molecule has 6 nitrogen and oxygen atoms in total. The number of carbonyl (C=O) groups excluding carboxylic acids is 2. The molecule has 0 radical (unpaired) electrons. The van der Waals surface area contributed by atoms with Crippen LogP contribution in [0.4, 0.5) is 5.69 Å². The number of anilines is 1. The summed E-state index contributed by atoms with van der Waals surface area (Å²) >= 11 is 0. The second kappa shape index (κ2) is 9.86. The Balaban J connectivity index is 1.47. The van der Waals surface area contributed by atoms with Gasteiger partial charge >= 0.3 is 0 Å². The number of benzene rings is 2. The molecule has 0 aromatic heterocycles. The number of amides is 2. The zero-order chi connectivity index (χ0) is 21.6. The van der Waals surface area contributed by atoms with Crippen molar-refractivity contribution in [3.8, 4) is 11.5 Å². The summed E-state index contributed by atoms with van der Waals surface area (Å²) in [6, 6.07) is 12.6. The minimum atomic E-state index is -0.227. The van der Waals surface area contributed by atoms with E-state index in [1.807, 2.05) is 4.90 Å². The molecule has 2 aliphatic rings. The number of hydrogen-bond acceptors (Lipinski definition) is 4. The molecule has 2 heterocycles. The molecule has 4 rings (SSSR count). The van der Waals surface area contributed by atoms with Crippen molar-refractivity contribution < 1.29 is 19.1 Å². The Hall–Kier alpha value is -3.02. The van der Waals surface area contributed by atoms with Gasteiger partial charge in [0.25, 0.3) is 11.8 Å². The molecule has 0 saturated carbocycles. The van der Waals surface area contributed by atoms with Crippen LogP contribution in [0.3, 0.4) is 0 Å². The predicted octanol–water partition coefficient (Wildman–Crippen LogP) is 4.90. The molecule has 31 heavy (non-hydrogen) atoms. The highest BCUT2D eigenvalue weighted by atomic mass is 16.5. The van der Waals surface area contributed by atoms with E-state index in [4.69, 9.17) is 9.47 Å². The molecule has 2 aliphatic heterocycles. The maximum atomic E-state index is 13.2.